The number of nitrogens with zero attached hydrogens (tertiary/aromatic N) is 3. The van der Waals surface area contributed by atoms with Crippen LogP contribution in [0.15, 0.2) is 53.5 Å². The molecule has 1 heterocycles. The second kappa shape index (κ2) is 8.17. The van der Waals surface area contributed by atoms with Gasteiger partial charge in [0.15, 0.2) is 0 Å². The van der Waals surface area contributed by atoms with Gasteiger partial charge < -0.3 is 14.5 Å². The third-order valence-electron chi connectivity index (χ3n) is 4.65. The Morgan fingerprint density at radius 1 is 1.04 bits per heavy atom. The topological polar surface area (TPSA) is 28.1 Å². The fourth-order valence-corrected chi connectivity index (χ4v) is 3.12. The minimum atomic E-state index is 0.0439. The molecule has 132 valence electrons. The number of rotatable bonds is 7. The zero-order valence-corrected chi connectivity index (χ0v) is 15.4. The molecule has 4 nitrogen and oxygen atoms in total. The Morgan fingerprint density at radius 2 is 1.76 bits per heavy atom. The van der Waals surface area contributed by atoms with Crippen molar-refractivity contribution in [2.24, 2.45) is 4.99 Å². The van der Waals surface area contributed by atoms with E-state index >= 15 is 0 Å². The summed E-state index contributed by atoms with van der Waals surface area (Å²) >= 11 is 0. The molecule has 4 heteroatoms. The SMILES string of the molecule is CCN(CC)CCOc1ccccc1N1C=c2ccccc2=NC1C. The molecular weight excluding hydrogens is 310 g/mol. The Balaban J connectivity index is 1.82. The van der Waals surface area contributed by atoms with Crippen LogP contribution in [0.2, 0.25) is 0 Å². The van der Waals surface area contributed by atoms with Crippen molar-refractivity contribution >= 4 is 11.9 Å². The van der Waals surface area contributed by atoms with E-state index in [1.807, 2.05) is 30.3 Å². The van der Waals surface area contributed by atoms with Crippen LogP contribution in [-0.4, -0.2) is 37.3 Å². The van der Waals surface area contributed by atoms with Gasteiger partial charge in [0.25, 0.3) is 0 Å². The lowest BCUT2D eigenvalue weighted by Crippen LogP contribution is -2.40. The predicted molar refractivity (Wildman–Crippen MR) is 103 cm³/mol. The second-order valence-corrected chi connectivity index (χ2v) is 6.20. The van der Waals surface area contributed by atoms with Crippen molar-refractivity contribution in [2.75, 3.05) is 31.1 Å². The van der Waals surface area contributed by atoms with Gasteiger partial charge in [0, 0.05) is 18.0 Å². The molecule has 0 amide bonds. The van der Waals surface area contributed by atoms with Crippen molar-refractivity contribution < 1.29 is 4.74 Å². The molecule has 0 bridgehead atoms. The fraction of sp³-hybridized carbons (Fsp3) is 0.381. The van der Waals surface area contributed by atoms with Gasteiger partial charge in [-0.05, 0) is 38.2 Å². The van der Waals surface area contributed by atoms with E-state index in [0.717, 1.165) is 41.6 Å². The lowest BCUT2D eigenvalue weighted by atomic mass is 10.2. The summed E-state index contributed by atoms with van der Waals surface area (Å²) in [6.45, 7) is 10.2. The summed E-state index contributed by atoms with van der Waals surface area (Å²) < 4.78 is 6.12. The van der Waals surface area contributed by atoms with Crippen LogP contribution < -0.4 is 20.2 Å². The van der Waals surface area contributed by atoms with Crippen molar-refractivity contribution in [3.8, 4) is 5.75 Å². The summed E-state index contributed by atoms with van der Waals surface area (Å²) in [4.78, 5) is 9.37. The van der Waals surface area contributed by atoms with Crippen molar-refractivity contribution in [2.45, 2.75) is 26.9 Å². The summed E-state index contributed by atoms with van der Waals surface area (Å²) in [7, 11) is 0. The van der Waals surface area contributed by atoms with Crippen molar-refractivity contribution in [1.82, 2.24) is 4.90 Å². The average Bonchev–Trinajstić information content (AvgIpc) is 2.65. The Hall–Kier alpha value is -2.33. The summed E-state index contributed by atoms with van der Waals surface area (Å²) in [5.41, 5.74) is 1.06. The number of ether oxygens (including phenoxy) is 1. The van der Waals surface area contributed by atoms with Crippen molar-refractivity contribution in [3.05, 3.63) is 59.1 Å². The third kappa shape index (κ3) is 4.02. The number of anilines is 1. The quantitative estimate of drug-likeness (QED) is 0.777. The van der Waals surface area contributed by atoms with E-state index in [2.05, 4.69) is 55.0 Å². The first kappa shape index (κ1) is 17.5. The standard InChI is InChI=1S/C21H27N3O/c1-4-23(5-2)14-15-25-21-13-9-8-12-20(21)24-16-18-10-6-7-11-19(18)22-17(24)3/h6-13,16-17H,4-5,14-15H2,1-3H3. The molecule has 1 aliphatic heterocycles. The van der Waals surface area contributed by atoms with Crippen LogP contribution in [0.25, 0.3) is 6.20 Å². The zero-order valence-electron chi connectivity index (χ0n) is 15.4. The highest BCUT2D eigenvalue weighted by Gasteiger charge is 2.18. The van der Waals surface area contributed by atoms with Gasteiger partial charge in [-0.2, -0.15) is 0 Å². The molecule has 0 aliphatic carbocycles. The Kier molecular flexibility index (Phi) is 5.71. The maximum absolute atomic E-state index is 6.12. The Labute approximate surface area is 150 Å². The highest BCUT2D eigenvalue weighted by molar-refractivity contribution is 5.67. The first-order valence-corrected chi connectivity index (χ1v) is 9.10. The van der Waals surface area contributed by atoms with E-state index in [1.165, 1.54) is 0 Å². The van der Waals surface area contributed by atoms with E-state index in [-0.39, 0.29) is 6.17 Å². The molecule has 0 spiro atoms. The molecule has 25 heavy (non-hydrogen) atoms. The minimum Gasteiger partial charge on any atom is -0.490 e. The third-order valence-corrected chi connectivity index (χ3v) is 4.65. The number of para-hydroxylation sites is 3. The van der Waals surface area contributed by atoms with Crippen molar-refractivity contribution in [3.63, 3.8) is 0 Å². The summed E-state index contributed by atoms with van der Waals surface area (Å²) in [5, 5.41) is 2.18. The number of benzene rings is 2. The highest BCUT2D eigenvalue weighted by atomic mass is 16.5. The molecule has 1 unspecified atom stereocenters. The molecule has 0 radical (unpaired) electrons. The van der Waals surface area contributed by atoms with Gasteiger partial charge in [-0.15, -0.1) is 0 Å². The maximum Gasteiger partial charge on any atom is 0.143 e. The van der Waals surface area contributed by atoms with Crippen LogP contribution in [0, 0.1) is 0 Å². The van der Waals surface area contributed by atoms with Crippen LogP contribution in [0.4, 0.5) is 5.69 Å². The van der Waals surface area contributed by atoms with Crippen LogP contribution in [0.5, 0.6) is 5.75 Å². The summed E-state index contributed by atoms with van der Waals surface area (Å²) in [5.74, 6) is 0.910. The monoisotopic (exact) mass is 337 g/mol. The van der Waals surface area contributed by atoms with Gasteiger partial charge in [0.1, 0.15) is 18.5 Å². The molecule has 1 aliphatic rings. The smallest absolute Gasteiger partial charge is 0.143 e. The molecule has 0 saturated carbocycles. The highest BCUT2D eigenvalue weighted by Crippen LogP contribution is 2.30. The molecular formula is C21H27N3O. The summed E-state index contributed by atoms with van der Waals surface area (Å²) in [6.07, 6.45) is 2.21. The van der Waals surface area contributed by atoms with E-state index < -0.39 is 0 Å². The van der Waals surface area contributed by atoms with Crippen LogP contribution >= 0.6 is 0 Å². The largest absolute Gasteiger partial charge is 0.490 e. The molecule has 2 aromatic rings. The average molecular weight is 337 g/mol. The molecule has 0 aromatic heterocycles. The first-order valence-electron chi connectivity index (χ1n) is 9.10. The first-order chi connectivity index (χ1) is 12.2. The summed E-state index contributed by atoms with van der Waals surface area (Å²) in [6, 6.07) is 16.5. The maximum atomic E-state index is 6.12. The molecule has 1 atom stereocenters. The van der Waals surface area contributed by atoms with E-state index in [0.29, 0.717) is 6.61 Å². The van der Waals surface area contributed by atoms with Crippen LogP contribution in [0.3, 0.4) is 0 Å². The fourth-order valence-electron chi connectivity index (χ4n) is 3.12. The van der Waals surface area contributed by atoms with Gasteiger partial charge in [-0.3, -0.25) is 4.99 Å². The minimum absolute atomic E-state index is 0.0439. The van der Waals surface area contributed by atoms with Gasteiger partial charge in [0.2, 0.25) is 0 Å². The van der Waals surface area contributed by atoms with Crippen LogP contribution in [0.1, 0.15) is 20.8 Å². The van der Waals surface area contributed by atoms with E-state index in [4.69, 9.17) is 9.73 Å². The van der Waals surface area contributed by atoms with Crippen LogP contribution in [-0.2, 0) is 0 Å². The molecule has 2 aromatic carbocycles. The van der Waals surface area contributed by atoms with Gasteiger partial charge in [-0.1, -0.05) is 44.2 Å². The Morgan fingerprint density at radius 3 is 2.56 bits per heavy atom. The van der Waals surface area contributed by atoms with Gasteiger partial charge in [-0.25, -0.2) is 0 Å². The number of hydrogen-bond acceptors (Lipinski definition) is 4. The lowest BCUT2D eigenvalue weighted by Gasteiger charge is -2.29. The zero-order chi connectivity index (χ0) is 17.6. The van der Waals surface area contributed by atoms with E-state index in [9.17, 15) is 0 Å². The number of hydrogen-bond donors (Lipinski definition) is 0. The second-order valence-electron chi connectivity index (χ2n) is 6.20. The normalized spacial score (nSPS) is 16.2. The van der Waals surface area contributed by atoms with E-state index in [1.54, 1.807) is 0 Å². The predicted octanol–water partition coefficient (Wildman–Crippen LogP) is 2.63. The molecule has 0 saturated heterocycles. The van der Waals surface area contributed by atoms with Gasteiger partial charge >= 0.3 is 0 Å². The molecule has 0 fully saturated rings. The van der Waals surface area contributed by atoms with Gasteiger partial charge in [0.05, 0.1) is 11.0 Å². The number of fused-ring (bicyclic) bond motifs is 1. The Bertz CT molecular complexity index is 814. The molecule has 0 N–H and O–H groups in total. The van der Waals surface area contributed by atoms with Crippen molar-refractivity contribution in [1.29, 1.82) is 0 Å². The lowest BCUT2D eigenvalue weighted by molar-refractivity contribution is 0.223. The molecule has 3 rings (SSSR count). The number of likely N-dealkylation sites (N-methyl/N-ethyl adjacent to an activating group) is 1.